The van der Waals surface area contributed by atoms with Gasteiger partial charge in [0.15, 0.2) is 0 Å². The standard InChI is InChI=1S/C13H17BrN2O.ClH/c1-15-9-12(17)16-13(6-3-7-13)10-4-2-5-11(14)8-10;/h2,4-5,8,15H,3,6-7,9H2,1H3,(H,16,17);1H. The van der Waals surface area contributed by atoms with E-state index in [1.165, 1.54) is 12.0 Å². The van der Waals surface area contributed by atoms with Gasteiger partial charge in [-0.05, 0) is 44.0 Å². The van der Waals surface area contributed by atoms with Gasteiger partial charge in [0.05, 0.1) is 12.1 Å². The molecule has 1 fully saturated rings. The number of hydrogen-bond acceptors (Lipinski definition) is 2. The summed E-state index contributed by atoms with van der Waals surface area (Å²) in [4.78, 5) is 11.7. The summed E-state index contributed by atoms with van der Waals surface area (Å²) >= 11 is 3.48. The monoisotopic (exact) mass is 332 g/mol. The first-order chi connectivity index (χ1) is 8.16. The Morgan fingerprint density at radius 3 is 2.67 bits per heavy atom. The molecule has 1 aliphatic rings. The summed E-state index contributed by atoms with van der Waals surface area (Å²) in [5.41, 5.74) is 1.06. The molecule has 1 aromatic carbocycles. The van der Waals surface area contributed by atoms with Gasteiger partial charge in [-0.1, -0.05) is 28.1 Å². The molecule has 0 unspecified atom stereocenters. The summed E-state index contributed by atoms with van der Waals surface area (Å²) in [7, 11) is 1.78. The molecule has 3 nitrogen and oxygen atoms in total. The van der Waals surface area contributed by atoms with Gasteiger partial charge in [-0.25, -0.2) is 0 Å². The fourth-order valence-electron chi connectivity index (χ4n) is 2.27. The summed E-state index contributed by atoms with van der Waals surface area (Å²) < 4.78 is 1.06. The molecule has 0 radical (unpaired) electrons. The van der Waals surface area contributed by atoms with Crippen LogP contribution in [-0.4, -0.2) is 19.5 Å². The quantitative estimate of drug-likeness (QED) is 0.889. The molecule has 0 saturated heterocycles. The van der Waals surface area contributed by atoms with Crippen molar-refractivity contribution in [2.24, 2.45) is 0 Å². The molecular formula is C13H18BrClN2O. The number of hydrogen-bond donors (Lipinski definition) is 2. The van der Waals surface area contributed by atoms with Crippen molar-refractivity contribution < 1.29 is 4.79 Å². The Balaban J connectivity index is 0.00000162. The van der Waals surface area contributed by atoms with E-state index >= 15 is 0 Å². The third kappa shape index (κ3) is 3.25. The Morgan fingerprint density at radius 2 is 2.17 bits per heavy atom. The van der Waals surface area contributed by atoms with E-state index in [9.17, 15) is 4.79 Å². The Labute approximate surface area is 122 Å². The molecule has 1 saturated carbocycles. The Bertz CT molecular complexity index is 421. The molecule has 0 atom stereocenters. The number of likely N-dealkylation sites (N-methyl/N-ethyl adjacent to an activating group) is 1. The normalized spacial score (nSPS) is 16.3. The maximum Gasteiger partial charge on any atom is 0.234 e. The largest absolute Gasteiger partial charge is 0.345 e. The molecule has 0 heterocycles. The SMILES string of the molecule is CNCC(=O)NC1(c2cccc(Br)c2)CCC1.Cl. The number of benzene rings is 1. The van der Waals surface area contributed by atoms with Crippen LogP contribution in [0.2, 0.25) is 0 Å². The van der Waals surface area contributed by atoms with E-state index in [4.69, 9.17) is 0 Å². The zero-order valence-electron chi connectivity index (χ0n) is 10.3. The first kappa shape index (κ1) is 15.5. The van der Waals surface area contributed by atoms with Crippen LogP contribution in [0.15, 0.2) is 28.7 Å². The average Bonchev–Trinajstić information content (AvgIpc) is 2.24. The van der Waals surface area contributed by atoms with Crippen molar-refractivity contribution in [2.75, 3.05) is 13.6 Å². The van der Waals surface area contributed by atoms with Gasteiger partial charge in [-0.15, -0.1) is 12.4 Å². The minimum absolute atomic E-state index is 0. The summed E-state index contributed by atoms with van der Waals surface area (Å²) in [6, 6.07) is 8.21. The second-order valence-corrected chi connectivity index (χ2v) is 5.44. The third-order valence-corrected chi connectivity index (χ3v) is 3.79. The number of amides is 1. The van der Waals surface area contributed by atoms with E-state index in [-0.39, 0.29) is 23.9 Å². The summed E-state index contributed by atoms with van der Waals surface area (Å²) in [5, 5.41) is 6.03. The number of carbonyl (C=O) groups excluding carboxylic acids is 1. The highest BCUT2D eigenvalue weighted by atomic mass is 79.9. The topological polar surface area (TPSA) is 41.1 Å². The predicted octanol–water partition coefficient (Wildman–Crippen LogP) is 2.59. The number of carbonyl (C=O) groups is 1. The van der Waals surface area contributed by atoms with Gasteiger partial charge in [0.1, 0.15) is 0 Å². The predicted molar refractivity (Wildman–Crippen MR) is 79.0 cm³/mol. The molecule has 0 bridgehead atoms. The van der Waals surface area contributed by atoms with Crippen molar-refractivity contribution >= 4 is 34.2 Å². The highest BCUT2D eigenvalue weighted by molar-refractivity contribution is 9.10. The van der Waals surface area contributed by atoms with Gasteiger partial charge in [-0.3, -0.25) is 4.79 Å². The molecule has 18 heavy (non-hydrogen) atoms. The molecule has 0 spiro atoms. The molecule has 1 aliphatic carbocycles. The van der Waals surface area contributed by atoms with Gasteiger partial charge in [0, 0.05) is 4.47 Å². The second kappa shape index (κ2) is 6.55. The molecule has 0 aromatic heterocycles. The maximum absolute atomic E-state index is 11.7. The first-order valence-electron chi connectivity index (χ1n) is 5.88. The summed E-state index contributed by atoms with van der Waals surface area (Å²) in [5.74, 6) is 0.0622. The van der Waals surface area contributed by atoms with Gasteiger partial charge >= 0.3 is 0 Å². The summed E-state index contributed by atoms with van der Waals surface area (Å²) in [6.45, 7) is 0.371. The van der Waals surface area contributed by atoms with Crippen LogP contribution in [0, 0.1) is 0 Å². The van der Waals surface area contributed by atoms with Gasteiger partial charge in [0.25, 0.3) is 0 Å². The molecular weight excluding hydrogens is 316 g/mol. The highest BCUT2D eigenvalue weighted by Gasteiger charge is 2.39. The van der Waals surface area contributed by atoms with E-state index in [1.807, 2.05) is 12.1 Å². The zero-order valence-corrected chi connectivity index (χ0v) is 12.7. The van der Waals surface area contributed by atoms with Crippen molar-refractivity contribution in [1.29, 1.82) is 0 Å². The van der Waals surface area contributed by atoms with Crippen LogP contribution in [0.5, 0.6) is 0 Å². The Hall–Kier alpha value is -0.580. The average molecular weight is 334 g/mol. The fraction of sp³-hybridized carbons (Fsp3) is 0.462. The fourth-order valence-corrected chi connectivity index (χ4v) is 2.67. The lowest BCUT2D eigenvalue weighted by Crippen LogP contribution is -2.52. The summed E-state index contributed by atoms with van der Waals surface area (Å²) in [6.07, 6.45) is 3.23. The van der Waals surface area contributed by atoms with Crippen molar-refractivity contribution in [2.45, 2.75) is 24.8 Å². The van der Waals surface area contributed by atoms with E-state index in [0.717, 1.165) is 17.3 Å². The molecule has 2 rings (SSSR count). The molecule has 1 aromatic rings. The van der Waals surface area contributed by atoms with Crippen molar-refractivity contribution in [3.8, 4) is 0 Å². The second-order valence-electron chi connectivity index (χ2n) is 4.52. The van der Waals surface area contributed by atoms with E-state index in [0.29, 0.717) is 6.54 Å². The molecule has 5 heteroatoms. The van der Waals surface area contributed by atoms with Gasteiger partial charge in [-0.2, -0.15) is 0 Å². The Kier molecular flexibility index (Phi) is 5.63. The van der Waals surface area contributed by atoms with Crippen LogP contribution in [0.4, 0.5) is 0 Å². The number of rotatable bonds is 4. The molecule has 0 aliphatic heterocycles. The van der Waals surface area contributed by atoms with E-state index < -0.39 is 0 Å². The van der Waals surface area contributed by atoms with Crippen molar-refractivity contribution in [3.05, 3.63) is 34.3 Å². The lowest BCUT2D eigenvalue weighted by atomic mass is 9.72. The van der Waals surface area contributed by atoms with Crippen LogP contribution >= 0.6 is 28.3 Å². The number of nitrogens with one attached hydrogen (secondary N) is 2. The first-order valence-corrected chi connectivity index (χ1v) is 6.67. The van der Waals surface area contributed by atoms with Crippen LogP contribution in [0.1, 0.15) is 24.8 Å². The lowest BCUT2D eigenvalue weighted by Gasteiger charge is -2.43. The van der Waals surface area contributed by atoms with Crippen LogP contribution in [0.25, 0.3) is 0 Å². The number of halogens is 2. The smallest absolute Gasteiger partial charge is 0.234 e. The Morgan fingerprint density at radius 1 is 1.44 bits per heavy atom. The highest BCUT2D eigenvalue weighted by Crippen LogP contribution is 2.41. The van der Waals surface area contributed by atoms with Gasteiger partial charge in [0.2, 0.25) is 5.91 Å². The van der Waals surface area contributed by atoms with Crippen LogP contribution in [-0.2, 0) is 10.3 Å². The molecule has 1 amide bonds. The van der Waals surface area contributed by atoms with Crippen LogP contribution < -0.4 is 10.6 Å². The zero-order chi connectivity index (χ0) is 12.3. The molecule has 2 N–H and O–H groups in total. The maximum atomic E-state index is 11.7. The van der Waals surface area contributed by atoms with Crippen molar-refractivity contribution in [1.82, 2.24) is 10.6 Å². The van der Waals surface area contributed by atoms with E-state index in [1.54, 1.807) is 7.05 Å². The van der Waals surface area contributed by atoms with Gasteiger partial charge < -0.3 is 10.6 Å². The third-order valence-electron chi connectivity index (χ3n) is 3.30. The van der Waals surface area contributed by atoms with Crippen molar-refractivity contribution in [3.63, 3.8) is 0 Å². The minimum Gasteiger partial charge on any atom is -0.345 e. The molecule has 100 valence electrons. The van der Waals surface area contributed by atoms with E-state index in [2.05, 4.69) is 38.7 Å². The lowest BCUT2D eigenvalue weighted by molar-refractivity contribution is -0.123. The van der Waals surface area contributed by atoms with Crippen LogP contribution in [0.3, 0.4) is 0 Å². The minimum atomic E-state index is -0.141.